The van der Waals surface area contributed by atoms with Crippen LogP contribution in [0.3, 0.4) is 0 Å². The van der Waals surface area contributed by atoms with Crippen LogP contribution in [-0.4, -0.2) is 41.8 Å². The number of nitrogens with two attached hydrogens (primary N) is 2. The highest BCUT2D eigenvalue weighted by molar-refractivity contribution is 6.21. The zero-order chi connectivity index (χ0) is 28.0. The van der Waals surface area contributed by atoms with Gasteiger partial charge in [0, 0.05) is 43.6 Å². The Bertz CT molecular complexity index is 1430. The molecule has 0 saturated carbocycles. The van der Waals surface area contributed by atoms with E-state index < -0.39 is 4.92 Å². The summed E-state index contributed by atoms with van der Waals surface area (Å²) in [7, 11) is 1.99. The number of benzene rings is 3. The fraction of sp³-hybridized carbons (Fsp3) is 0.185. The second-order valence-corrected chi connectivity index (χ2v) is 8.56. The molecule has 0 spiro atoms. The molecule has 1 aliphatic rings. The Labute approximate surface area is 219 Å². The predicted molar refractivity (Wildman–Crippen MR) is 142 cm³/mol. The number of anilines is 3. The summed E-state index contributed by atoms with van der Waals surface area (Å²) in [5.41, 5.74) is 14.7. The summed E-state index contributed by atoms with van der Waals surface area (Å²) < 4.78 is 0. The number of nitro groups is 1. The van der Waals surface area contributed by atoms with Gasteiger partial charge in [-0.3, -0.25) is 24.6 Å². The van der Waals surface area contributed by atoms with Crippen molar-refractivity contribution in [1.82, 2.24) is 4.90 Å². The Kier molecular flexibility index (Phi) is 8.25. The number of imide groups is 1. The van der Waals surface area contributed by atoms with Gasteiger partial charge in [-0.05, 0) is 49.2 Å². The summed E-state index contributed by atoms with van der Waals surface area (Å²) in [5, 5.41) is 27.6. The SMILES string of the molecule is Cc1cc(N(C)CCCN2C(=O)c3ccccc3C2=O)ccc1N.N#Cc1cc([N+](=O)[O-])cc(C#N)c1N. The van der Waals surface area contributed by atoms with Crippen LogP contribution in [0.2, 0.25) is 0 Å². The fourth-order valence-electron chi connectivity index (χ4n) is 3.86. The van der Waals surface area contributed by atoms with Crippen molar-refractivity contribution in [2.45, 2.75) is 13.3 Å². The lowest BCUT2D eigenvalue weighted by atomic mass is 10.1. The van der Waals surface area contributed by atoms with Crippen LogP contribution in [0.4, 0.5) is 22.7 Å². The first-order valence-electron chi connectivity index (χ1n) is 11.5. The zero-order valence-electron chi connectivity index (χ0n) is 20.8. The van der Waals surface area contributed by atoms with Gasteiger partial charge >= 0.3 is 0 Å². The summed E-state index contributed by atoms with van der Waals surface area (Å²) in [6, 6.07) is 18.3. The van der Waals surface area contributed by atoms with Crippen molar-refractivity contribution in [2.75, 3.05) is 36.5 Å². The molecule has 0 saturated heterocycles. The smallest absolute Gasteiger partial charge is 0.272 e. The zero-order valence-corrected chi connectivity index (χ0v) is 20.8. The van der Waals surface area contributed by atoms with Gasteiger partial charge in [-0.2, -0.15) is 10.5 Å². The minimum Gasteiger partial charge on any atom is -0.399 e. The van der Waals surface area contributed by atoms with E-state index in [9.17, 15) is 19.7 Å². The number of aryl methyl sites for hydroxylation is 1. The van der Waals surface area contributed by atoms with Crippen LogP contribution in [0.1, 0.15) is 43.8 Å². The van der Waals surface area contributed by atoms with Crippen LogP contribution in [-0.2, 0) is 0 Å². The number of hydrogen-bond acceptors (Lipinski definition) is 9. The number of rotatable bonds is 6. The molecule has 0 radical (unpaired) electrons. The Morgan fingerprint density at radius 3 is 2.00 bits per heavy atom. The maximum absolute atomic E-state index is 12.3. The molecular formula is C27H25N7O4. The number of carbonyl (C=O) groups excluding carboxylic acids is 2. The molecule has 0 unspecified atom stereocenters. The van der Waals surface area contributed by atoms with E-state index in [-0.39, 0.29) is 34.3 Å². The average Bonchev–Trinajstić information content (AvgIpc) is 3.15. The molecule has 2 amide bonds. The van der Waals surface area contributed by atoms with E-state index in [1.807, 2.05) is 32.2 Å². The number of carbonyl (C=O) groups is 2. The first kappa shape index (κ1) is 27.2. The molecule has 3 aromatic carbocycles. The lowest BCUT2D eigenvalue weighted by Gasteiger charge is -2.22. The van der Waals surface area contributed by atoms with Gasteiger partial charge < -0.3 is 16.4 Å². The molecule has 4 rings (SSSR count). The summed E-state index contributed by atoms with van der Waals surface area (Å²) >= 11 is 0. The second-order valence-electron chi connectivity index (χ2n) is 8.56. The average molecular weight is 512 g/mol. The number of nitro benzene ring substituents is 1. The highest BCUT2D eigenvalue weighted by Gasteiger charge is 2.34. The van der Waals surface area contributed by atoms with Crippen LogP contribution in [0.25, 0.3) is 0 Å². The lowest BCUT2D eigenvalue weighted by molar-refractivity contribution is -0.384. The van der Waals surface area contributed by atoms with Gasteiger partial charge in [0.1, 0.15) is 12.1 Å². The molecule has 192 valence electrons. The third-order valence-corrected chi connectivity index (χ3v) is 6.06. The van der Waals surface area contributed by atoms with Gasteiger partial charge in [0.05, 0.1) is 32.9 Å². The highest BCUT2D eigenvalue weighted by atomic mass is 16.6. The first-order chi connectivity index (χ1) is 18.1. The van der Waals surface area contributed by atoms with E-state index in [2.05, 4.69) is 4.90 Å². The summed E-state index contributed by atoms with van der Waals surface area (Å²) in [5.74, 6) is -0.386. The Morgan fingerprint density at radius 2 is 1.53 bits per heavy atom. The van der Waals surface area contributed by atoms with Gasteiger partial charge in [-0.1, -0.05) is 12.1 Å². The fourth-order valence-corrected chi connectivity index (χ4v) is 3.86. The van der Waals surface area contributed by atoms with Crippen LogP contribution < -0.4 is 16.4 Å². The van der Waals surface area contributed by atoms with E-state index >= 15 is 0 Å². The molecule has 11 nitrogen and oxygen atoms in total. The monoisotopic (exact) mass is 511 g/mol. The molecule has 3 aromatic rings. The molecular weight excluding hydrogens is 486 g/mol. The summed E-state index contributed by atoms with van der Waals surface area (Å²) in [6.07, 6.45) is 0.714. The second kappa shape index (κ2) is 11.5. The van der Waals surface area contributed by atoms with Gasteiger partial charge in [-0.15, -0.1) is 0 Å². The van der Waals surface area contributed by atoms with E-state index in [0.29, 0.717) is 24.1 Å². The van der Waals surface area contributed by atoms with Gasteiger partial charge in [0.2, 0.25) is 0 Å². The Balaban J connectivity index is 0.000000244. The van der Waals surface area contributed by atoms with Gasteiger partial charge in [-0.25, -0.2) is 0 Å². The quantitative estimate of drug-likeness (QED) is 0.216. The number of nitriles is 2. The maximum Gasteiger partial charge on any atom is 0.272 e. The topological polar surface area (TPSA) is 183 Å². The minimum atomic E-state index is -0.679. The van der Waals surface area contributed by atoms with E-state index in [1.54, 1.807) is 36.4 Å². The molecule has 0 aromatic heterocycles. The van der Waals surface area contributed by atoms with Crippen molar-refractivity contribution in [1.29, 1.82) is 10.5 Å². The number of nitrogens with zero attached hydrogens (tertiary/aromatic N) is 5. The van der Waals surface area contributed by atoms with Crippen LogP contribution >= 0.6 is 0 Å². The highest BCUT2D eigenvalue weighted by Crippen LogP contribution is 2.24. The van der Waals surface area contributed by atoms with Crippen molar-refractivity contribution >= 4 is 34.6 Å². The molecule has 11 heteroatoms. The summed E-state index contributed by atoms with van der Waals surface area (Å²) in [4.78, 5) is 37.8. The van der Waals surface area contributed by atoms with Gasteiger partial charge in [0.25, 0.3) is 17.5 Å². The third-order valence-electron chi connectivity index (χ3n) is 6.06. The number of amides is 2. The van der Waals surface area contributed by atoms with Crippen molar-refractivity contribution in [3.63, 3.8) is 0 Å². The Morgan fingerprint density at radius 1 is 0.974 bits per heavy atom. The number of fused-ring (bicyclic) bond motifs is 1. The van der Waals surface area contributed by atoms with E-state index in [1.165, 1.54) is 4.90 Å². The van der Waals surface area contributed by atoms with Gasteiger partial charge in [0.15, 0.2) is 0 Å². The van der Waals surface area contributed by atoms with Crippen molar-refractivity contribution in [2.24, 2.45) is 0 Å². The van der Waals surface area contributed by atoms with Crippen molar-refractivity contribution in [3.05, 3.63) is 92.5 Å². The van der Waals surface area contributed by atoms with Crippen LogP contribution in [0, 0.1) is 39.7 Å². The molecule has 0 fully saturated rings. The summed E-state index contributed by atoms with van der Waals surface area (Å²) in [6.45, 7) is 3.15. The molecule has 1 heterocycles. The Hall–Kier alpha value is -5.42. The van der Waals surface area contributed by atoms with E-state index in [0.717, 1.165) is 35.6 Å². The van der Waals surface area contributed by atoms with Crippen molar-refractivity contribution < 1.29 is 14.5 Å². The molecule has 38 heavy (non-hydrogen) atoms. The standard InChI is InChI=1S/C19H21N3O2.C8H4N4O2/c1-13-12-14(8-9-17(13)20)21(2)10-5-11-22-18(23)15-6-3-4-7-16(15)19(22)24;9-3-5-1-7(12(13)14)2-6(4-10)8(5)11/h3-4,6-9,12H,5,10-11,20H2,1-2H3;1-2H,11H2. The van der Waals surface area contributed by atoms with Crippen LogP contribution in [0.15, 0.2) is 54.6 Å². The largest absolute Gasteiger partial charge is 0.399 e. The third kappa shape index (κ3) is 5.69. The molecule has 0 bridgehead atoms. The number of non-ortho nitro benzene ring substituents is 1. The first-order valence-corrected chi connectivity index (χ1v) is 11.5. The van der Waals surface area contributed by atoms with E-state index in [4.69, 9.17) is 22.0 Å². The predicted octanol–water partition coefficient (Wildman–Crippen LogP) is 3.62. The molecule has 0 atom stereocenters. The normalized spacial score (nSPS) is 11.6. The molecule has 4 N–H and O–H groups in total. The van der Waals surface area contributed by atoms with Crippen molar-refractivity contribution in [3.8, 4) is 12.1 Å². The molecule has 0 aliphatic carbocycles. The maximum atomic E-state index is 12.3. The molecule has 1 aliphatic heterocycles. The number of hydrogen-bond donors (Lipinski definition) is 2. The minimum absolute atomic E-state index is 0.0272. The lowest BCUT2D eigenvalue weighted by Crippen LogP contribution is -2.32. The van der Waals surface area contributed by atoms with Crippen LogP contribution in [0.5, 0.6) is 0 Å². The number of nitrogen functional groups attached to an aromatic ring is 2.